The Bertz CT molecular complexity index is 334. The molecule has 2 N–H and O–H groups in total. The summed E-state index contributed by atoms with van der Waals surface area (Å²) in [6.07, 6.45) is 0.409. The molecule has 3 atom stereocenters. The van der Waals surface area contributed by atoms with Crippen molar-refractivity contribution in [3.8, 4) is 0 Å². The minimum atomic E-state index is -0.851. The summed E-state index contributed by atoms with van der Waals surface area (Å²) in [6.45, 7) is 6.13. The number of nitrogens with one attached hydrogen (secondary N) is 1. The van der Waals surface area contributed by atoms with Crippen LogP contribution in [0.15, 0.2) is 0 Å². The highest BCUT2D eigenvalue weighted by Gasteiger charge is 2.42. The highest BCUT2D eigenvalue weighted by molar-refractivity contribution is 5.79. The van der Waals surface area contributed by atoms with Gasteiger partial charge in [-0.1, -0.05) is 0 Å². The fourth-order valence-corrected chi connectivity index (χ4v) is 1.92. The van der Waals surface area contributed by atoms with Crippen molar-refractivity contribution in [1.29, 1.82) is 0 Å². The van der Waals surface area contributed by atoms with Crippen LogP contribution in [0.5, 0.6) is 0 Å². The normalized spacial score (nSPS) is 26.8. The Hall–Kier alpha value is -1.30. The summed E-state index contributed by atoms with van der Waals surface area (Å²) < 4.78 is 5.13. The molecule has 1 saturated heterocycles. The van der Waals surface area contributed by atoms with E-state index < -0.39 is 11.4 Å². The lowest BCUT2D eigenvalue weighted by molar-refractivity contribution is -0.147. The SMILES string of the molecule is COC(C)[C@@H](C)NC(=O)N1CCC(C)(C(=O)O)C1. The lowest BCUT2D eigenvalue weighted by Crippen LogP contribution is -2.47. The number of carboxylic acid groups (broad SMARTS) is 1. The van der Waals surface area contributed by atoms with Gasteiger partial charge in [-0.25, -0.2) is 4.79 Å². The molecule has 0 saturated carbocycles. The molecule has 2 unspecified atom stereocenters. The number of likely N-dealkylation sites (tertiary alicyclic amines) is 1. The largest absolute Gasteiger partial charge is 0.481 e. The van der Waals surface area contributed by atoms with E-state index in [9.17, 15) is 9.59 Å². The molecule has 6 nitrogen and oxygen atoms in total. The van der Waals surface area contributed by atoms with Crippen molar-refractivity contribution in [2.45, 2.75) is 39.3 Å². The first kappa shape index (κ1) is 14.8. The molecule has 0 aliphatic carbocycles. The van der Waals surface area contributed by atoms with E-state index >= 15 is 0 Å². The number of methoxy groups -OCH3 is 1. The molecule has 1 fully saturated rings. The lowest BCUT2D eigenvalue weighted by Gasteiger charge is -2.25. The van der Waals surface area contributed by atoms with Crippen LogP contribution in [0.1, 0.15) is 27.2 Å². The van der Waals surface area contributed by atoms with E-state index in [2.05, 4.69) is 5.32 Å². The maximum atomic E-state index is 12.0. The molecule has 0 spiro atoms. The second-order valence-electron chi connectivity index (χ2n) is 5.22. The van der Waals surface area contributed by atoms with E-state index in [1.165, 1.54) is 0 Å². The second kappa shape index (κ2) is 5.56. The number of nitrogens with zero attached hydrogens (tertiary/aromatic N) is 1. The number of hydrogen-bond donors (Lipinski definition) is 2. The average molecular weight is 258 g/mol. The number of hydrogen-bond acceptors (Lipinski definition) is 3. The van der Waals surface area contributed by atoms with Crippen molar-refractivity contribution in [2.75, 3.05) is 20.2 Å². The van der Waals surface area contributed by atoms with Crippen molar-refractivity contribution < 1.29 is 19.4 Å². The number of amides is 2. The zero-order valence-corrected chi connectivity index (χ0v) is 11.4. The fourth-order valence-electron chi connectivity index (χ4n) is 1.92. The van der Waals surface area contributed by atoms with Crippen LogP contribution in [0.25, 0.3) is 0 Å². The van der Waals surface area contributed by atoms with Crippen molar-refractivity contribution >= 4 is 12.0 Å². The smallest absolute Gasteiger partial charge is 0.317 e. The van der Waals surface area contributed by atoms with Gasteiger partial charge in [0.2, 0.25) is 0 Å². The predicted molar refractivity (Wildman–Crippen MR) is 66.4 cm³/mol. The second-order valence-corrected chi connectivity index (χ2v) is 5.22. The average Bonchev–Trinajstić information content (AvgIpc) is 2.72. The number of carboxylic acids is 1. The third-order valence-corrected chi connectivity index (χ3v) is 3.70. The van der Waals surface area contributed by atoms with Gasteiger partial charge in [-0.15, -0.1) is 0 Å². The molecule has 1 heterocycles. The van der Waals surface area contributed by atoms with E-state index in [0.717, 1.165) is 0 Å². The van der Waals surface area contributed by atoms with E-state index in [4.69, 9.17) is 9.84 Å². The summed E-state index contributed by atoms with van der Waals surface area (Å²) >= 11 is 0. The zero-order valence-electron chi connectivity index (χ0n) is 11.4. The molecular weight excluding hydrogens is 236 g/mol. The Balaban J connectivity index is 2.53. The summed E-state index contributed by atoms with van der Waals surface area (Å²) in [4.78, 5) is 24.6. The molecule has 1 aliphatic rings. The standard InChI is InChI=1S/C12H22N2O4/c1-8(9(2)18-4)13-11(17)14-6-5-12(3,7-14)10(15)16/h8-9H,5-7H2,1-4H3,(H,13,17)(H,15,16)/t8-,9?,12?/m1/s1. The molecule has 0 radical (unpaired) electrons. The summed E-state index contributed by atoms with van der Waals surface area (Å²) in [5.41, 5.74) is -0.826. The molecule has 18 heavy (non-hydrogen) atoms. The van der Waals surface area contributed by atoms with Crippen molar-refractivity contribution in [3.05, 3.63) is 0 Å². The van der Waals surface area contributed by atoms with Gasteiger partial charge in [0, 0.05) is 20.2 Å². The van der Waals surface area contributed by atoms with Crippen LogP contribution in [0.4, 0.5) is 4.79 Å². The number of carbonyl (C=O) groups is 2. The quantitative estimate of drug-likeness (QED) is 0.785. The minimum absolute atomic E-state index is 0.0811. The Morgan fingerprint density at radius 3 is 2.50 bits per heavy atom. The van der Waals surface area contributed by atoms with Crippen LogP contribution in [-0.4, -0.2) is 54.4 Å². The van der Waals surface area contributed by atoms with E-state index in [0.29, 0.717) is 13.0 Å². The van der Waals surface area contributed by atoms with Crippen LogP contribution < -0.4 is 5.32 Å². The Morgan fingerprint density at radius 1 is 1.44 bits per heavy atom. The fraction of sp³-hybridized carbons (Fsp3) is 0.833. The first-order valence-corrected chi connectivity index (χ1v) is 6.12. The van der Waals surface area contributed by atoms with Crippen LogP contribution in [0.2, 0.25) is 0 Å². The monoisotopic (exact) mass is 258 g/mol. The maximum absolute atomic E-state index is 12.0. The molecule has 0 aromatic rings. The highest BCUT2D eigenvalue weighted by atomic mass is 16.5. The lowest BCUT2D eigenvalue weighted by atomic mass is 9.90. The van der Waals surface area contributed by atoms with Gasteiger partial charge in [0.1, 0.15) is 0 Å². The van der Waals surface area contributed by atoms with Crippen LogP contribution >= 0.6 is 0 Å². The third-order valence-electron chi connectivity index (χ3n) is 3.70. The summed E-state index contributed by atoms with van der Waals surface area (Å²) in [5.74, 6) is -0.851. The number of carbonyl (C=O) groups excluding carboxylic acids is 1. The summed E-state index contributed by atoms with van der Waals surface area (Å²) in [5, 5.41) is 11.9. The van der Waals surface area contributed by atoms with E-state index in [1.807, 2.05) is 13.8 Å². The third kappa shape index (κ3) is 3.13. The van der Waals surface area contributed by atoms with Gasteiger partial charge in [0.05, 0.1) is 17.6 Å². The van der Waals surface area contributed by atoms with Crippen LogP contribution in [0.3, 0.4) is 0 Å². The summed E-state index contributed by atoms with van der Waals surface area (Å²) in [6, 6.07) is -0.337. The van der Waals surface area contributed by atoms with Gasteiger partial charge < -0.3 is 20.1 Å². The predicted octanol–water partition coefficient (Wildman–Crippen LogP) is 0.916. The van der Waals surface area contributed by atoms with Crippen LogP contribution in [-0.2, 0) is 9.53 Å². The molecule has 0 aromatic carbocycles. The Kier molecular flexibility index (Phi) is 4.56. The van der Waals surface area contributed by atoms with Crippen molar-refractivity contribution in [1.82, 2.24) is 10.2 Å². The van der Waals surface area contributed by atoms with Crippen LogP contribution in [0, 0.1) is 5.41 Å². The molecule has 6 heteroatoms. The maximum Gasteiger partial charge on any atom is 0.317 e. The molecule has 1 rings (SSSR count). The van der Waals surface area contributed by atoms with Gasteiger partial charge in [-0.3, -0.25) is 4.79 Å². The van der Waals surface area contributed by atoms with Gasteiger partial charge >= 0.3 is 12.0 Å². The topological polar surface area (TPSA) is 78.9 Å². The van der Waals surface area contributed by atoms with Crippen molar-refractivity contribution in [3.63, 3.8) is 0 Å². The molecule has 2 amide bonds. The molecule has 0 bridgehead atoms. The van der Waals surface area contributed by atoms with Gasteiger partial charge in [0.25, 0.3) is 0 Å². The summed E-state index contributed by atoms with van der Waals surface area (Å²) in [7, 11) is 1.59. The molecular formula is C12H22N2O4. The Morgan fingerprint density at radius 2 is 2.06 bits per heavy atom. The number of ether oxygens (including phenoxy) is 1. The van der Waals surface area contributed by atoms with Gasteiger partial charge in [0.15, 0.2) is 0 Å². The number of aliphatic carboxylic acids is 1. The highest BCUT2D eigenvalue weighted by Crippen LogP contribution is 2.29. The first-order chi connectivity index (χ1) is 8.30. The molecule has 0 aromatic heterocycles. The van der Waals surface area contributed by atoms with E-state index in [1.54, 1.807) is 18.9 Å². The zero-order chi connectivity index (χ0) is 13.9. The molecule has 104 valence electrons. The number of rotatable bonds is 4. The van der Waals surface area contributed by atoms with Gasteiger partial charge in [-0.2, -0.15) is 0 Å². The number of urea groups is 1. The van der Waals surface area contributed by atoms with Gasteiger partial charge in [-0.05, 0) is 27.2 Å². The molecule has 1 aliphatic heterocycles. The Labute approximate surface area is 107 Å². The van der Waals surface area contributed by atoms with E-state index in [-0.39, 0.29) is 24.7 Å². The minimum Gasteiger partial charge on any atom is -0.481 e. The first-order valence-electron chi connectivity index (χ1n) is 6.12. The van der Waals surface area contributed by atoms with Crippen molar-refractivity contribution in [2.24, 2.45) is 5.41 Å².